The maximum absolute atomic E-state index is 12.9. The van der Waals surface area contributed by atoms with E-state index in [0.29, 0.717) is 5.39 Å². The summed E-state index contributed by atoms with van der Waals surface area (Å²) in [7, 11) is -7.57. The summed E-state index contributed by atoms with van der Waals surface area (Å²) >= 11 is 0. The number of methoxy groups -OCH3 is 2. The summed E-state index contributed by atoms with van der Waals surface area (Å²) in [6.45, 7) is 0. The van der Waals surface area contributed by atoms with E-state index in [4.69, 9.17) is 4.18 Å². The van der Waals surface area contributed by atoms with Crippen LogP contribution in [0.4, 0.5) is 0 Å². The van der Waals surface area contributed by atoms with Crippen molar-refractivity contribution in [3.8, 4) is 5.75 Å². The standard InChI is InChI=1S/C20H16O10S2/c1-28-19(21)13-9-14(20(22)29-2)11-15(10-13)32(26,27)30-17-8-7-12-5-3-4-6-16(12)18(17)31(23,24)25/h3-11H,1-2H3,(H,23,24,25). The Morgan fingerprint density at radius 3 is 1.91 bits per heavy atom. The molecule has 0 amide bonds. The number of carbonyl (C=O) groups is 2. The fourth-order valence-electron chi connectivity index (χ4n) is 2.94. The number of ether oxygens (including phenoxy) is 2. The van der Waals surface area contributed by atoms with Crippen molar-refractivity contribution < 1.29 is 44.6 Å². The Hall–Kier alpha value is -3.48. The van der Waals surface area contributed by atoms with Gasteiger partial charge in [0, 0.05) is 5.39 Å². The molecule has 0 saturated heterocycles. The molecule has 0 aromatic heterocycles. The summed E-state index contributed by atoms with van der Waals surface area (Å²) in [5.74, 6) is -2.54. The van der Waals surface area contributed by atoms with Crippen LogP contribution >= 0.6 is 0 Å². The highest BCUT2D eigenvalue weighted by atomic mass is 32.2. The van der Waals surface area contributed by atoms with Gasteiger partial charge in [0.25, 0.3) is 10.1 Å². The van der Waals surface area contributed by atoms with Crippen LogP contribution in [0.5, 0.6) is 5.75 Å². The Bertz CT molecular complexity index is 1410. The molecule has 10 nitrogen and oxygen atoms in total. The van der Waals surface area contributed by atoms with E-state index in [1.807, 2.05) is 0 Å². The Morgan fingerprint density at radius 2 is 1.38 bits per heavy atom. The molecule has 0 unspecified atom stereocenters. The molecule has 0 radical (unpaired) electrons. The molecule has 32 heavy (non-hydrogen) atoms. The van der Waals surface area contributed by atoms with E-state index in [9.17, 15) is 31.0 Å². The van der Waals surface area contributed by atoms with Crippen LogP contribution in [0.1, 0.15) is 20.7 Å². The maximum atomic E-state index is 12.9. The largest absolute Gasteiger partial charge is 0.465 e. The molecule has 12 heteroatoms. The molecule has 0 aliphatic rings. The van der Waals surface area contributed by atoms with Gasteiger partial charge >= 0.3 is 22.1 Å². The van der Waals surface area contributed by atoms with E-state index in [-0.39, 0.29) is 16.5 Å². The van der Waals surface area contributed by atoms with Gasteiger partial charge in [0.15, 0.2) is 5.75 Å². The third-order valence-corrected chi connectivity index (χ3v) is 6.49. The minimum absolute atomic E-state index is 0.0289. The predicted octanol–water partition coefficient (Wildman–Crippen LogP) is 2.43. The van der Waals surface area contributed by atoms with Gasteiger partial charge in [-0.2, -0.15) is 16.8 Å². The van der Waals surface area contributed by atoms with Gasteiger partial charge in [0.1, 0.15) is 9.79 Å². The van der Waals surface area contributed by atoms with Crippen molar-refractivity contribution in [3.05, 3.63) is 65.7 Å². The second-order valence-corrected chi connectivity index (χ2v) is 9.26. The molecule has 3 rings (SSSR count). The quantitative estimate of drug-likeness (QED) is 0.316. The number of fused-ring (bicyclic) bond motifs is 1. The molecule has 168 valence electrons. The SMILES string of the molecule is COC(=O)c1cc(C(=O)OC)cc(S(=O)(=O)Oc2ccc3ccccc3c2S(=O)(=O)O)c1. The van der Waals surface area contributed by atoms with Crippen molar-refractivity contribution in [2.45, 2.75) is 9.79 Å². The van der Waals surface area contributed by atoms with Crippen molar-refractivity contribution in [2.75, 3.05) is 14.2 Å². The lowest BCUT2D eigenvalue weighted by atomic mass is 10.1. The zero-order chi connectivity index (χ0) is 23.7. The molecular formula is C20H16O10S2. The van der Waals surface area contributed by atoms with E-state index in [2.05, 4.69) is 9.47 Å². The van der Waals surface area contributed by atoms with E-state index >= 15 is 0 Å². The van der Waals surface area contributed by atoms with Gasteiger partial charge in [0.05, 0.1) is 25.3 Å². The molecule has 3 aromatic rings. The van der Waals surface area contributed by atoms with Crippen LogP contribution in [-0.2, 0) is 29.7 Å². The molecule has 3 aromatic carbocycles. The minimum atomic E-state index is -4.90. The van der Waals surface area contributed by atoms with E-state index < -0.39 is 47.7 Å². The summed E-state index contributed by atoms with van der Waals surface area (Å²) in [5.41, 5.74) is -0.572. The van der Waals surface area contributed by atoms with Gasteiger partial charge in [-0.15, -0.1) is 0 Å². The third kappa shape index (κ3) is 4.56. The van der Waals surface area contributed by atoms with Gasteiger partial charge in [-0.05, 0) is 29.7 Å². The summed E-state index contributed by atoms with van der Waals surface area (Å²) in [4.78, 5) is 22.5. The Labute approximate surface area is 183 Å². The van der Waals surface area contributed by atoms with Crippen molar-refractivity contribution >= 4 is 42.9 Å². The lowest BCUT2D eigenvalue weighted by Gasteiger charge is -2.13. The van der Waals surface area contributed by atoms with Crippen molar-refractivity contribution in [1.82, 2.24) is 0 Å². The second-order valence-electron chi connectivity index (χ2n) is 6.36. The van der Waals surface area contributed by atoms with Gasteiger partial charge in [-0.3, -0.25) is 4.55 Å². The molecule has 0 fully saturated rings. The van der Waals surface area contributed by atoms with Crippen LogP contribution in [0.2, 0.25) is 0 Å². The first-order valence-electron chi connectivity index (χ1n) is 8.73. The molecule has 0 saturated carbocycles. The molecule has 0 bridgehead atoms. The van der Waals surface area contributed by atoms with Gasteiger partial charge in [-0.1, -0.05) is 30.3 Å². The highest BCUT2D eigenvalue weighted by molar-refractivity contribution is 7.87. The highest BCUT2D eigenvalue weighted by Gasteiger charge is 2.27. The minimum Gasteiger partial charge on any atom is -0.465 e. The number of hydrogen-bond donors (Lipinski definition) is 1. The number of carbonyl (C=O) groups excluding carboxylic acids is 2. The number of rotatable bonds is 6. The number of hydrogen-bond acceptors (Lipinski definition) is 9. The summed E-state index contributed by atoms with van der Waals surface area (Å²) in [5, 5.41) is 0.437. The number of benzene rings is 3. The lowest BCUT2D eigenvalue weighted by Crippen LogP contribution is -2.15. The Balaban J connectivity index is 2.20. The van der Waals surface area contributed by atoms with E-state index in [1.165, 1.54) is 18.2 Å². The van der Waals surface area contributed by atoms with Crippen LogP contribution in [0.15, 0.2) is 64.4 Å². The summed E-state index contributed by atoms with van der Waals surface area (Å²) in [6.07, 6.45) is 0. The van der Waals surface area contributed by atoms with E-state index in [0.717, 1.165) is 38.5 Å². The van der Waals surface area contributed by atoms with Crippen molar-refractivity contribution in [1.29, 1.82) is 0 Å². The number of esters is 2. The average Bonchev–Trinajstić information content (AvgIpc) is 2.76. The zero-order valence-corrected chi connectivity index (χ0v) is 18.3. The van der Waals surface area contributed by atoms with Gasteiger partial charge < -0.3 is 13.7 Å². The lowest BCUT2D eigenvalue weighted by molar-refractivity contribution is 0.0598. The maximum Gasteiger partial charge on any atom is 0.339 e. The van der Waals surface area contributed by atoms with Gasteiger partial charge in [0.2, 0.25) is 0 Å². The molecular weight excluding hydrogens is 464 g/mol. The topological polar surface area (TPSA) is 150 Å². The third-order valence-electron chi connectivity index (χ3n) is 4.34. The monoisotopic (exact) mass is 480 g/mol. The van der Waals surface area contributed by atoms with Crippen molar-refractivity contribution in [2.24, 2.45) is 0 Å². The fraction of sp³-hybridized carbons (Fsp3) is 0.100. The highest BCUT2D eigenvalue weighted by Crippen LogP contribution is 2.34. The summed E-state index contributed by atoms with van der Waals surface area (Å²) in [6, 6.07) is 11.4. The predicted molar refractivity (Wildman–Crippen MR) is 111 cm³/mol. The van der Waals surface area contributed by atoms with Crippen LogP contribution in [0, 0.1) is 0 Å². The molecule has 0 atom stereocenters. The van der Waals surface area contributed by atoms with Crippen molar-refractivity contribution in [3.63, 3.8) is 0 Å². The van der Waals surface area contributed by atoms with Crippen LogP contribution < -0.4 is 4.18 Å². The van der Waals surface area contributed by atoms with Crippen LogP contribution in [0.25, 0.3) is 10.8 Å². The van der Waals surface area contributed by atoms with E-state index in [1.54, 1.807) is 12.1 Å². The molecule has 0 heterocycles. The summed E-state index contributed by atoms with van der Waals surface area (Å²) < 4.78 is 73.8. The normalized spacial score (nSPS) is 11.7. The second kappa shape index (κ2) is 8.57. The molecule has 0 spiro atoms. The fourth-order valence-corrected chi connectivity index (χ4v) is 4.83. The average molecular weight is 480 g/mol. The zero-order valence-electron chi connectivity index (χ0n) is 16.6. The Morgan fingerprint density at radius 1 is 0.812 bits per heavy atom. The van der Waals surface area contributed by atoms with Crippen LogP contribution in [0.3, 0.4) is 0 Å². The first kappa shape index (κ1) is 23.2. The molecule has 0 aliphatic heterocycles. The first-order chi connectivity index (χ1) is 15.0. The Kier molecular flexibility index (Phi) is 6.21. The molecule has 1 N–H and O–H groups in total. The van der Waals surface area contributed by atoms with Crippen LogP contribution in [-0.4, -0.2) is 47.5 Å². The first-order valence-corrected chi connectivity index (χ1v) is 11.6. The van der Waals surface area contributed by atoms with Gasteiger partial charge in [-0.25, -0.2) is 9.59 Å². The smallest absolute Gasteiger partial charge is 0.339 e. The molecule has 0 aliphatic carbocycles.